The molecule has 0 aliphatic rings. The van der Waals surface area contributed by atoms with Crippen molar-refractivity contribution < 1.29 is 9.34 Å². The average molecular weight is 289 g/mol. The number of nitro benzene ring substituents is 1. The molecule has 0 aliphatic carbocycles. The summed E-state index contributed by atoms with van der Waals surface area (Å²) in [6.45, 7) is 7.43. The summed E-state index contributed by atoms with van der Waals surface area (Å²) in [5.74, 6) is 1.50. The van der Waals surface area contributed by atoms with Crippen molar-refractivity contribution in [3.05, 3.63) is 46.0 Å². The van der Waals surface area contributed by atoms with Crippen LogP contribution in [0.15, 0.2) is 28.8 Å². The zero-order valence-corrected chi connectivity index (χ0v) is 12.4. The summed E-state index contributed by atoms with van der Waals surface area (Å²) in [6.07, 6.45) is 1.54. The molecule has 21 heavy (non-hydrogen) atoms. The Morgan fingerprint density at radius 1 is 1.43 bits per heavy atom. The largest absolute Gasteiger partial charge is 0.439 e. The van der Waals surface area contributed by atoms with E-state index in [1.165, 1.54) is 6.07 Å². The lowest BCUT2D eigenvalue weighted by Gasteiger charge is -2.05. The summed E-state index contributed by atoms with van der Waals surface area (Å²) in [4.78, 5) is 14.9. The maximum Gasteiger partial charge on any atom is 0.280 e. The lowest BCUT2D eigenvalue weighted by Crippen LogP contribution is -2.18. The molecule has 1 aromatic carbocycles. The Hall–Kier alpha value is -2.21. The highest BCUT2D eigenvalue weighted by molar-refractivity contribution is 5.72. The lowest BCUT2D eigenvalue weighted by molar-refractivity contribution is -0.384. The number of hydrogen-bond acceptors (Lipinski definition) is 5. The van der Waals surface area contributed by atoms with Crippen LogP contribution in [0.4, 0.5) is 5.69 Å². The monoisotopic (exact) mass is 289 g/mol. The minimum absolute atomic E-state index is 0.0350. The van der Waals surface area contributed by atoms with Crippen molar-refractivity contribution in [1.82, 2.24) is 10.3 Å². The van der Waals surface area contributed by atoms with Gasteiger partial charge in [-0.2, -0.15) is 0 Å². The molecule has 0 amide bonds. The van der Waals surface area contributed by atoms with E-state index in [1.807, 2.05) is 13.0 Å². The van der Waals surface area contributed by atoms with Gasteiger partial charge in [-0.05, 0) is 24.9 Å². The third-order valence-corrected chi connectivity index (χ3v) is 3.08. The molecule has 1 heterocycles. The second-order valence-corrected chi connectivity index (χ2v) is 5.37. The number of benzene rings is 1. The van der Waals surface area contributed by atoms with Crippen LogP contribution >= 0.6 is 0 Å². The van der Waals surface area contributed by atoms with Crippen molar-refractivity contribution in [3.63, 3.8) is 0 Å². The fourth-order valence-electron chi connectivity index (χ4n) is 2.10. The molecule has 0 fully saturated rings. The van der Waals surface area contributed by atoms with Crippen LogP contribution in [-0.2, 0) is 6.54 Å². The van der Waals surface area contributed by atoms with Crippen LogP contribution in [0.3, 0.4) is 0 Å². The molecule has 0 unspecified atom stereocenters. The molecule has 0 saturated carbocycles. The van der Waals surface area contributed by atoms with Gasteiger partial charge in [-0.25, -0.2) is 4.98 Å². The maximum absolute atomic E-state index is 11.1. The van der Waals surface area contributed by atoms with Crippen molar-refractivity contribution in [1.29, 1.82) is 0 Å². The van der Waals surface area contributed by atoms with E-state index in [4.69, 9.17) is 4.42 Å². The lowest BCUT2D eigenvalue weighted by atomic mass is 10.1. The van der Waals surface area contributed by atoms with Crippen LogP contribution in [0.2, 0.25) is 0 Å². The Balaban J connectivity index is 2.24. The highest BCUT2D eigenvalue weighted by Crippen LogP contribution is 2.33. The number of nitro groups is 1. The van der Waals surface area contributed by atoms with Crippen LogP contribution in [0.1, 0.15) is 25.3 Å². The maximum atomic E-state index is 11.1. The molecule has 1 N–H and O–H groups in total. The van der Waals surface area contributed by atoms with Gasteiger partial charge in [-0.1, -0.05) is 26.0 Å². The first-order valence-electron chi connectivity index (χ1n) is 6.89. The quantitative estimate of drug-likeness (QED) is 0.651. The van der Waals surface area contributed by atoms with Crippen LogP contribution in [0.5, 0.6) is 0 Å². The van der Waals surface area contributed by atoms with E-state index in [0.717, 1.165) is 12.1 Å². The molecule has 0 spiro atoms. The highest BCUT2D eigenvalue weighted by Gasteiger charge is 2.20. The van der Waals surface area contributed by atoms with Gasteiger partial charge in [0.15, 0.2) is 5.76 Å². The van der Waals surface area contributed by atoms with E-state index >= 15 is 0 Å². The van der Waals surface area contributed by atoms with Gasteiger partial charge in [-0.3, -0.25) is 10.1 Å². The normalized spacial score (nSPS) is 11.0. The van der Waals surface area contributed by atoms with Crippen molar-refractivity contribution in [2.24, 2.45) is 5.92 Å². The molecule has 0 saturated heterocycles. The number of aromatic nitrogens is 1. The molecule has 0 radical (unpaired) electrons. The number of nitrogens with zero attached hydrogens (tertiary/aromatic N) is 2. The van der Waals surface area contributed by atoms with E-state index in [0.29, 0.717) is 29.7 Å². The zero-order chi connectivity index (χ0) is 15.4. The van der Waals surface area contributed by atoms with Gasteiger partial charge in [0.1, 0.15) is 0 Å². The van der Waals surface area contributed by atoms with E-state index in [-0.39, 0.29) is 5.69 Å². The molecular weight excluding hydrogens is 270 g/mol. The standard InChI is InChI=1S/C15H19N3O3/c1-10(2)7-16-9-14-17-8-13(21-14)15-11(3)5-4-6-12(15)18(19)20/h4-6,8,10,16H,7,9H2,1-3H3. The van der Waals surface area contributed by atoms with E-state index in [2.05, 4.69) is 24.1 Å². The molecule has 6 heteroatoms. The van der Waals surface area contributed by atoms with Crippen LogP contribution in [0, 0.1) is 23.0 Å². The van der Waals surface area contributed by atoms with Gasteiger partial charge in [-0.15, -0.1) is 0 Å². The molecule has 2 aromatic rings. The Bertz CT molecular complexity index is 635. The summed E-state index contributed by atoms with van der Waals surface area (Å²) < 4.78 is 5.65. The predicted molar refractivity (Wildman–Crippen MR) is 79.9 cm³/mol. The van der Waals surface area contributed by atoms with Crippen LogP contribution < -0.4 is 5.32 Å². The number of aryl methyl sites for hydroxylation is 1. The minimum atomic E-state index is -0.401. The minimum Gasteiger partial charge on any atom is -0.439 e. The van der Waals surface area contributed by atoms with Gasteiger partial charge < -0.3 is 9.73 Å². The number of rotatable bonds is 6. The Morgan fingerprint density at radius 2 is 2.19 bits per heavy atom. The van der Waals surface area contributed by atoms with E-state index in [9.17, 15) is 10.1 Å². The van der Waals surface area contributed by atoms with Crippen molar-refractivity contribution in [3.8, 4) is 11.3 Å². The molecule has 1 aromatic heterocycles. The van der Waals surface area contributed by atoms with Crippen molar-refractivity contribution in [2.75, 3.05) is 6.54 Å². The summed E-state index contributed by atoms with van der Waals surface area (Å²) in [7, 11) is 0. The smallest absolute Gasteiger partial charge is 0.280 e. The summed E-state index contributed by atoms with van der Waals surface area (Å²) in [6, 6.07) is 4.96. The SMILES string of the molecule is Cc1cccc([N+](=O)[O-])c1-c1cnc(CNCC(C)C)o1. The molecule has 6 nitrogen and oxygen atoms in total. The molecule has 112 valence electrons. The van der Waals surface area contributed by atoms with Crippen LogP contribution in [0.25, 0.3) is 11.3 Å². The number of nitrogens with one attached hydrogen (secondary N) is 1. The molecule has 0 atom stereocenters. The Labute approximate surface area is 123 Å². The van der Waals surface area contributed by atoms with E-state index < -0.39 is 4.92 Å². The van der Waals surface area contributed by atoms with Crippen molar-refractivity contribution in [2.45, 2.75) is 27.3 Å². The number of hydrogen-bond donors (Lipinski definition) is 1. The second kappa shape index (κ2) is 6.49. The summed E-state index contributed by atoms with van der Waals surface area (Å²) in [5.41, 5.74) is 1.32. The fourth-order valence-corrected chi connectivity index (χ4v) is 2.10. The number of oxazole rings is 1. The molecular formula is C15H19N3O3. The summed E-state index contributed by atoms with van der Waals surface area (Å²) in [5, 5.41) is 14.4. The fraction of sp³-hybridized carbons (Fsp3) is 0.400. The topological polar surface area (TPSA) is 81.2 Å². The van der Waals surface area contributed by atoms with Gasteiger partial charge in [0, 0.05) is 6.07 Å². The third kappa shape index (κ3) is 3.66. The first-order chi connectivity index (χ1) is 9.99. The first-order valence-corrected chi connectivity index (χ1v) is 6.89. The van der Waals surface area contributed by atoms with Gasteiger partial charge in [0.05, 0.1) is 23.2 Å². The van der Waals surface area contributed by atoms with Crippen LogP contribution in [-0.4, -0.2) is 16.5 Å². The second-order valence-electron chi connectivity index (χ2n) is 5.37. The van der Waals surface area contributed by atoms with Crippen molar-refractivity contribution >= 4 is 5.69 Å². The third-order valence-electron chi connectivity index (χ3n) is 3.08. The summed E-state index contributed by atoms with van der Waals surface area (Å²) >= 11 is 0. The predicted octanol–water partition coefficient (Wildman–Crippen LogP) is 3.30. The Kier molecular flexibility index (Phi) is 4.70. The molecule has 2 rings (SSSR count). The highest BCUT2D eigenvalue weighted by atomic mass is 16.6. The van der Waals surface area contributed by atoms with Gasteiger partial charge in [0.25, 0.3) is 5.69 Å². The first kappa shape index (κ1) is 15.2. The molecule has 0 aliphatic heterocycles. The van der Waals surface area contributed by atoms with Gasteiger partial charge in [0.2, 0.25) is 5.89 Å². The zero-order valence-electron chi connectivity index (χ0n) is 12.4. The molecule has 0 bridgehead atoms. The van der Waals surface area contributed by atoms with E-state index in [1.54, 1.807) is 12.3 Å². The average Bonchev–Trinajstić information content (AvgIpc) is 2.86. The Morgan fingerprint density at radius 3 is 2.86 bits per heavy atom. The van der Waals surface area contributed by atoms with Gasteiger partial charge >= 0.3 is 0 Å².